The van der Waals surface area contributed by atoms with E-state index in [0.29, 0.717) is 23.8 Å². The maximum atomic E-state index is 15.1. The Labute approximate surface area is 144 Å². The third kappa shape index (κ3) is 2.00. The van der Waals surface area contributed by atoms with E-state index in [4.69, 9.17) is 0 Å². The second kappa shape index (κ2) is 5.27. The van der Waals surface area contributed by atoms with Crippen LogP contribution in [0.5, 0.6) is 0 Å². The van der Waals surface area contributed by atoms with Crippen LogP contribution in [0.25, 0.3) is 0 Å². The SMILES string of the molecule is CC[C@H]1CC[C@H]2[C@@H]3CC(F)C4=CC(=O)C=C[C@]4(C)[C@H]3C(O)C[C@]12C. The highest BCUT2D eigenvalue weighted by atomic mass is 19.1. The molecule has 0 radical (unpaired) electrons. The van der Waals surface area contributed by atoms with E-state index in [1.165, 1.54) is 12.5 Å². The number of carbonyl (C=O) groups is 1. The van der Waals surface area contributed by atoms with E-state index in [9.17, 15) is 9.90 Å². The lowest BCUT2D eigenvalue weighted by molar-refractivity contribution is -0.125. The van der Waals surface area contributed by atoms with Crippen molar-refractivity contribution in [2.75, 3.05) is 0 Å². The summed E-state index contributed by atoms with van der Waals surface area (Å²) in [4.78, 5) is 11.8. The van der Waals surface area contributed by atoms with Crippen LogP contribution in [0.2, 0.25) is 0 Å². The molecule has 0 aromatic heterocycles. The quantitative estimate of drug-likeness (QED) is 0.780. The van der Waals surface area contributed by atoms with Gasteiger partial charge in [-0.25, -0.2) is 4.39 Å². The monoisotopic (exact) mass is 332 g/mol. The zero-order chi connectivity index (χ0) is 17.3. The van der Waals surface area contributed by atoms with Crippen molar-refractivity contribution in [1.29, 1.82) is 0 Å². The molecule has 4 rings (SSSR count). The lowest BCUT2D eigenvalue weighted by Gasteiger charge is -2.59. The predicted molar refractivity (Wildman–Crippen MR) is 92.1 cm³/mol. The highest BCUT2D eigenvalue weighted by molar-refractivity contribution is 6.01. The molecule has 3 saturated carbocycles. The summed E-state index contributed by atoms with van der Waals surface area (Å²) in [6.07, 6.45) is 8.28. The minimum atomic E-state index is -1.06. The Bertz CT molecular complexity index is 623. The molecule has 3 heteroatoms. The third-order valence-corrected chi connectivity index (χ3v) is 8.16. The van der Waals surface area contributed by atoms with Crippen molar-refractivity contribution in [3.63, 3.8) is 0 Å². The summed E-state index contributed by atoms with van der Waals surface area (Å²) >= 11 is 0. The van der Waals surface area contributed by atoms with Crippen LogP contribution in [0.4, 0.5) is 4.39 Å². The van der Waals surface area contributed by atoms with E-state index >= 15 is 4.39 Å². The maximum absolute atomic E-state index is 15.1. The number of carbonyl (C=O) groups excluding carboxylic acids is 1. The maximum Gasteiger partial charge on any atom is 0.178 e. The summed E-state index contributed by atoms with van der Waals surface area (Å²) in [5.41, 5.74) is 0.228. The van der Waals surface area contributed by atoms with Gasteiger partial charge < -0.3 is 5.11 Å². The normalized spacial score (nSPS) is 53.2. The number of alkyl halides is 1. The lowest BCUT2D eigenvalue weighted by atomic mass is 9.46. The summed E-state index contributed by atoms with van der Waals surface area (Å²) in [6, 6.07) is 0. The van der Waals surface area contributed by atoms with Crippen molar-refractivity contribution in [1.82, 2.24) is 0 Å². The zero-order valence-corrected chi connectivity index (χ0v) is 15.0. The molecule has 0 bridgehead atoms. The third-order valence-electron chi connectivity index (χ3n) is 8.16. The van der Waals surface area contributed by atoms with Gasteiger partial charge in [-0.3, -0.25) is 4.79 Å². The molecule has 8 atom stereocenters. The van der Waals surface area contributed by atoms with Crippen molar-refractivity contribution in [3.05, 3.63) is 23.8 Å². The van der Waals surface area contributed by atoms with Gasteiger partial charge in [-0.05, 0) is 66.6 Å². The van der Waals surface area contributed by atoms with Crippen molar-refractivity contribution in [3.8, 4) is 0 Å². The van der Waals surface area contributed by atoms with Crippen molar-refractivity contribution < 1.29 is 14.3 Å². The van der Waals surface area contributed by atoms with Crippen LogP contribution in [-0.2, 0) is 4.79 Å². The zero-order valence-electron chi connectivity index (χ0n) is 15.0. The van der Waals surface area contributed by atoms with E-state index in [2.05, 4.69) is 13.8 Å². The number of aliphatic hydroxyl groups is 1. The van der Waals surface area contributed by atoms with Gasteiger partial charge in [0.15, 0.2) is 5.78 Å². The molecule has 0 aromatic carbocycles. The highest BCUT2D eigenvalue weighted by Gasteiger charge is 2.62. The molecule has 2 unspecified atom stereocenters. The summed E-state index contributed by atoms with van der Waals surface area (Å²) in [7, 11) is 0. The number of ketones is 1. The number of rotatable bonds is 1. The van der Waals surface area contributed by atoms with Crippen LogP contribution in [0.15, 0.2) is 23.8 Å². The van der Waals surface area contributed by atoms with Crippen molar-refractivity contribution in [2.24, 2.45) is 34.5 Å². The molecule has 1 N–H and O–H groups in total. The fourth-order valence-corrected chi connectivity index (χ4v) is 7.11. The summed E-state index contributed by atoms with van der Waals surface area (Å²) < 4.78 is 15.1. The van der Waals surface area contributed by atoms with Gasteiger partial charge in [0.25, 0.3) is 0 Å². The standard InChI is InChI=1S/C21H29FO2/c1-4-12-5-6-15-14-10-17(22)16-9-13(23)7-8-20(16,2)19(14)18(24)11-21(12,15)3/h7-9,12,14-15,17-19,24H,4-6,10-11H2,1-3H3/t12-,14-,15-,17?,18?,19+,20-,21+/m0/s1. The van der Waals surface area contributed by atoms with Crippen LogP contribution in [-0.4, -0.2) is 23.2 Å². The number of hydrogen-bond acceptors (Lipinski definition) is 2. The lowest BCUT2D eigenvalue weighted by Crippen LogP contribution is -2.57. The molecular formula is C21H29FO2. The Morgan fingerprint density at radius 3 is 2.79 bits per heavy atom. The molecule has 2 nitrogen and oxygen atoms in total. The average molecular weight is 332 g/mol. The van der Waals surface area contributed by atoms with Gasteiger partial charge in [-0.15, -0.1) is 0 Å². The Balaban J connectivity index is 1.77. The first-order chi connectivity index (χ1) is 11.3. The fraction of sp³-hybridized carbons (Fsp3) is 0.762. The van der Waals surface area contributed by atoms with E-state index in [1.807, 2.05) is 13.0 Å². The van der Waals surface area contributed by atoms with Crippen molar-refractivity contribution in [2.45, 2.75) is 65.2 Å². The molecule has 132 valence electrons. The second-order valence-corrected chi connectivity index (χ2v) is 9.08. The van der Waals surface area contributed by atoms with Gasteiger partial charge in [-0.2, -0.15) is 0 Å². The van der Waals surface area contributed by atoms with Crippen LogP contribution >= 0.6 is 0 Å². The van der Waals surface area contributed by atoms with Crippen molar-refractivity contribution >= 4 is 5.78 Å². The Morgan fingerprint density at radius 2 is 2.08 bits per heavy atom. The molecule has 3 fully saturated rings. The van der Waals surface area contributed by atoms with Crippen LogP contribution < -0.4 is 0 Å². The van der Waals surface area contributed by atoms with Gasteiger partial charge >= 0.3 is 0 Å². The number of allylic oxidation sites excluding steroid dienone is 4. The molecule has 4 aliphatic rings. The number of fused-ring (bicyclic) bond motifs is 5. The van der Waals surface area contributed by atoms with Crippen LogP contribution in [0.3, 0.4) is 0 Å². The first-order valence-corrected chi connectivity index (χ1v) is 9.58. The van der Waals surface area contributed by atoms with Gasteiger partial charge in [0.1, 0.15) is 6.17 Å². The van der Waals surface area contributed by atoms with Gasteiger partial charge in [0.05, 0.1) is 6.10 Å². The topological polar surface area (TPSA) is 37.3 Å². The molecule has 0 saturated heterocycles. The summed E-state index contributed by atoms with van der Waals surface area (Å²) in [5, 5.41) is 11.1. The molecular weight excluding hydrogens is 303 g/mol. The number of halogens is 1. The first-order valence-electron chi connectivity index (χ1n) is 9.58. The second-order valence-electron chi connectivity index (χ2n) is 9.08. The summed E-state index contributed by atoms with van der Waals surface area (Å²) in [6.45, 7) is 6.61. The molecule has 0 heterocycles. The predicted octanol–water partition coefficient (Wildman–Crippen LogP) is 4.24. The van der Waals surface area contributed by atoms with E-state index < -0.39 is 17.7 Å². The Morgan fingerprint density at radius 1 is 1.33 bits per heavy atom. The molecule has 0 amide bonds. The number of aliphatic hydroxyl groups excluding tert-OH is 1. The van der Waals surface area contributed by atoms with Crippen LogP contribution in [0, 0.1) is 34.5 Å². The molecule has 24 heavy (non-hydrogen) atoms. The van der Waals surface area contributed by atoms with Gasteiger partial charge in [-0.1, -0.05) is 33.3 Å². The van der Waals surface area contributed by atoms with E-state index in [1.54, 1.807) is 6.08 Å². The summed E-state index contributed by atoms with van der Waals surface area (Å²) in [5.74, 6) is 1.27. The van der Waals surface area contributed by atoms with Gasteiger partial charge in [0, 0.05) is 11.3 Å². The molecule has 0 aliphatic heterocycles. The van der Waals surface area contributed by atoms with Crippen LogP contribution in [0.1, 0.15) is 52.9 Å². The molecule has 4 aliphatic carbocycles. The molecule has 0 aromatic rings. The minimum absolute atomic E-state index is 0.0359. The fourth-order valence-electron chi connectivity index (χ4n) is 7.11. The first kappa shape index (κ1) is 16.5. The Hall–Kier alpha value is -0.960. The number of hydrogen-bond donors (Lipinski definition) is 1. The van der Waals surface area contributed by atoms with Gasteiger partial charge in [0.2, 0.25) is 0 Å². The van der Waals surface area contributed by atoms with E-state index in [0.717, 1.165) is 19.3 Å². The Kier molecular flexibility index (Phi) is 3.62. The average Bonchev–Trinajstić information content (AvgIpc) is 2.84. The smallest absolute Gasteiger partial charge is 0.178 e. The van der Waals surface area contributed by atoms with E-state index in [-0.39, 0.29) is 23.0 Å². The molecule has 0 spiro atoms. The highest BCUT2D eigenvalue weighted by Crippen LogP contribution is 2.66. The minimum Gasteiger partial charge on any atom is -0.393 e. The largest absolute Gasteiger partial charge is 0.393 e.